The van der Waals surface area contributed by atoms with Gasteiger partial charge in [-0.15, -0.1) is 0 Å². The van der Waals surface area contributed by atoms with Crippen LogP contribution in [-0.2, 0) is 6.42 Å². The van der Waals surface area contributed by atoms with Gasteiger partial charge in [0.15, 0.2) is 0 Å². The van der Waals surface area contributed by atoms with Crippen LogP contribution in [0.2, 0.25) is 0 Å². The first kappa shape index (κ1) is 12.4. The van der Waals surface area contributed by atoms with Gasteiger partial charge in [0.05, 0.1) is 11.8 Å². The topological polar surface area (TPSA) is 64.1 Å². The number of furan rings is 1. The molecule has 102 valence electrons. The average molecular weight is 261 g/mol. The molecule has 2 aromatic rings. The molecular weight excluding hydrogens is 242 g/mol. The lowest BCUT2D eigenvalue weighted by atomic mass is 10.1. The predicted octanol–water partition coefficient (Wildman–Crippen LogP) is 2.65. The van der Waals surface area contributed by atoms with Crippen LogP contribution in [-0.4, -0.2) is 22.7 Å². The van der Waals surface area contributed by atoms with Crippen molar-refractivity contribution in [1.82, 2.24) is 15.5 Å². The zero-order valence-corrected chi connectivity index (χ0v) is 11.1. The lowest BCUT2D eigenvalue weighted by Gasteiger charge is -2.15. The Hall–Kier alpha value is -1.62. The molecule has 5 nitrogen and oxygen atoms in total. The monoisotopic (exact) mass is 261 g/mol. The van der Waals surface area contributed by atoms with Crippen LogP contribution in [0.5, 0.6) is 0 Å². The molecule has 0 bridgehead atoms. The molecule has 0 aliphatic heterocycles. The Morgan fingerprint density at radius 3 is 3.05 bits per heavy atom. The maximum absolute atomic E-state index is 5.33. The highest BCUT2D eigenvalue weighted by molar-refractivity contribution is 5.51. The zero-order chi connectivity index (χ0) is 13.1. The van der Waals surface area contributed by atoms with Crippen LogP contribution >= 0.6 is 0 Å². The van der Waals surface area contributed by atoms with Crippen LogP contribution < -0.4 is 5.32 Å². The molecule has 1 N–H and O–H groups in total. The molecule has 1 unspecified atom stereocenters. The summed E-state index contributed by atoms with van der Waals surface area (Å²) < 4.78 is 10.4. The second-order valence-corrected chi connectivity index (χ2v) is 5.13. The Balaban J connectivity index is 1.65. The molecule has 1 fully saturated rings. The summed E-state index contributed by atoms with van der Waals surface area (Å²) in [7, 11) is 0. The van der Waals surface area contributed by atoms with Crippen molar-refractivity contribution < 1.29 is 8.94 Å². The molecule has 0 radical (unpaired) electrons. The largest absolute Gasteiger partial charge is 0.472 e. The molecule has 0 amide bonds. The number of hydrogen-bond donors (Lipinski definition) is 1. The summed E-state index contributed by atoms with van der Waals surface area (Å²) in [6.45, 7) is 3.23. The molecule has 0 saturated heterocycles. The summed E-state index contributed by atoms with van der Waals surface area (Å²) >= 11 is 0. The smallest absolute Gasteiger partial charge is 0.228 e. The Labute approximate surface area is 112 Å². The number of nitrogens with zero attached hydrogens (tertiary/aromatic N) is 2. The molecular formula is C14H19N3O2. The van der Waals surface area contributed by atoms with E-state index in [0.29, 0.717) is 17.8 Å². The summed E-state index contributed by atoms with van der Waals surface area (Å²) in [5, 5.41) is 7.58. The standard InChI is InChI=1S/C14H19N3O2/c1-2-6-15-12(10-3-4-10)8-13-16-14(17-19-13)11-5-7-18-9-11/h5,7,9-10,12,15H,2-4,6,8H2,1H3. The molecule has 1 aliphatic rings. The average Bonchev–Trinajstić information content (AvgIpc) is 2.93. The highest BCUT2D eigenvalue weighted by Gasteiger charge is 2.32. The van der Waals surface area contributed by atoms with E-state index in [1.807, 2.05) is 6.07 Å². The Morgan fingerprint density at radius 2 is 2.37 bits per heavy atom. The second kappa shape index (κ2) is 5.57. The molecule has 0 aromatic carbocycles. The highest BCUT2D eigenvalue weighted by Crippen LogP contribution is 2.34. The van der Waals surface area contributed by atoms with Crippen molar-refractivity contribution in [1.29, 1.82) is 0 Å². The molecule has 1 aliphatic carbocycles. The van der Waals surface area contributed by atoms with Gasteiger partial charge in [0.25, 0.3) is 0 Å². The van der Waals surface area contributed by atoms with E-state index >= 15 is 0 Å². The van der Waals surface area contributed by atoms with Crippen molar-refractivity contribution in [2.24, 2.45) is 5.92 Å². The summed E-state index contributed by atoms with van der Waals surface area (Å²) in [4.78, 5) is 4.43. The fourth-order valence-corrected chi connectivity index (χ4v) is 2.27. The SMILES string of the molecule is CCCNC(Cc1nc(-c2ccoc2)no1)C1CC1. The van der Waals surface area contributed by atoms with E-state index in [1.54, 1.807) is 12.5 Å². The molecule has 5 heteroatoms. The van der Waals surface area contributed by atoms with Crippen LogP contribution in [0, 0.1) is 5.92 Å². The van der Waals surface area contributed by atoms with Crippen molar-refractivity contribution in [2.45, 2.75) is 38.6 Å². The fraction of sp³-hybridized carbons (Fsp3) is 0.571. The van der Waals surface area contributed by atoms with Gasteiger partial charge in [-0.3, -0.25) is 0 Å². The third-order valence-corrected chi connectivity index (χ3v) is 3.49. The summed E-state index contributed by atoms with van der Waals surface area (Å²) in [5.74, 6) is 2.08. The minimum atomic E-state index is 0.470. The molecule has 19 heavy (non-hydrogen) atoms. The molecule has 1 atom stereocenters. The van der Waals surface area contributed by atoms with Gasteiger partial charge in [0.2, 0.25) is 11.7 Å². The number of nitrogens with one attached hydrogen (secondary N) is 1. The van der Waals surface area contributed by atoms with E-state index in [4.69, 9.17) is 8.94 Å². The molecule has 0 spiro atoms. The second-order valence-electron chi connectivity index (χ2n) is 5.13. The number of aromatic nitrogens is 2. The highest BCUT2D eigenvalue weighted by atomic mass is 16.5. The fourth-order valence-electron chi connectivity index (χ4n) is 2.27. The maximum Gasteiger partial charge on any atom is 0.228 e. The molecule has 1 saturated carbocycles. The molecule has 3 rings (SSSR count). The zero-order valence-electron chi connectivity index (χ0n) is 11.1. The minimum absolute atomic E-state index is 0.470. The first-order chi connectivity index (χ1) is 9.36. The van der Waals surface area contributed by atoms with Crippen LogP contribution in [0.25, 0.3) is 11.4 Å². The van der Waals surface area contributed by atoms with Crippen molar-refractivity contribution in [2.75, 3.05) is 6.54 Å². The Bertz CT molecular complexity index is 503. The van der Waals surface area contributed by atoms with Gasteiger partial charge in [-0.1, -0.05) is 12.1 Å². The number of rotatable bonds is 7. The van der Waals surface area contributed by atoms with E-state index in [0.717, 1.165) is 30.9 Å². The first-order valence-electron chi connectivity index (χ1n) is 6.95. The predicted molar refractivity (Wildman–Crippen MR) is 70.5 cm³/mol. The van der Waals surface area contributed by atoms with E-state index in [9.17, 15) is 0 Å². The van der Waals surface area contributed by atoms with Crippen molar-refractivity contribution in [3.05, 3.63) is 24.5 Å². The van der Waals surface area contributed by atoms with E-state index < -0.39 is 0 Å². The first-order valence-corrected chi connectivity index (χ1v) is 6.95. The Morgan fingerprint density at radius 1 is 1.47 bits per heavy atom. The summed E-state index contributed by atoms with van der Waals surface area (Å²) in [5.41, 5.74) is 0.861. The Kier molecular flexibility index (Phi) is 3.64. The van der Waals surface area contributed by atoms with Gasteiger partial charge in [-0.2, -0.15) is 4.98 Å². The quantitative estimate of drug-likeness (QED) is 0.830. The van der Waals surface area contributed by atoms with Crippen LogP contribution in [0.3, 0.4) is 0 Å². The van der Waals surface area contributed by atoms with Crippen LogP contribution in [0.4, 0.5) is 0 Å². The van der Waals surface area contributed by atoms with Crippen molar-refractivity contribution in [3.8, 4) is 11.4 Å². The van der Waals surface area contributed by atoms with Gasteiger partial charge >= 0.3 is 0 Å². The summed E-state index contributed by atoms with van der Waals surface area (Å²) in [6, 6.07) is 2.31. The van der Waals surface area contributed by atoms with E-state index in [2.05, 4.69) is 22.4 Å². The van der Waals surface area contributed by atoms with Crippen LogP contribution in [0.15, 0.2) is 27.5 Å². The van der Waals surface area contributed by atoms with Gasteiger partial charge in [-0.05, 0) is 37.8 Å². The van der Waals surface area contributed by atoms with Gasteiger partial charge < -0.3 is 14.3 Å². The van der Waals surface area contributed by atoms with Crippen molar-refractivity contribution in [3.63, 3.8) is 0 Å². The maximum atomic E-state index is 5.33. The van der Waals surface area contributed by atoms with E-state index in [1.165, 1.54) is 12.8 Å². The number of hydrogen-bond acceptors (Lipinski definition) is 5. The van der Waals surface area contributed by atoms with Crippen LogP contribution in [0.1, 0.15) is 32.1 Å². The van der Waals surface area contributed by atoms with Gasteiger partial charge in [-0.25, -0.2) is 0 Å². The normalized spacial score (nSPS) is 16.7. The molecule has 2 aromatic heterocycles. The van der Waals surface area contributed by atoms with Gasteiger partial charge in [0.1, 0.15) is 6.26 Å². The lowest BCUT2D eigenvalue weighted by Crippen LogP contribution is -2.33. The van der Waals surface area contributed by atoms with Crippen molar-refractivity contribution >= 4 is 0 Å². The minimum Gasteiger partial charge on any atom is -0.472 e. The lowest BCUT2D eigenvalue weighted by molar-refractivity contribution is 0.346. The molecule has 2 heterocycles. The van der Waals surface area contributed by atoms with E-state index in [-0.39, 0.29) is 0 Å². The third-order valence-electron chi connectivity index (χ3n) is 3.49. The third kappa shape index (κ3) is 3.04. The van der Waals surface area contributed by atoms with Gasteiger partial charge in [0, 0.05) is 12.5 Å². The summed E-state index contributed by atoms with van der Waals surface area (Å²) in [6.07, 6.45) is 7.82.